The summed E-state index contributed by atoms with van der Waals surface area (Å²) in [5.74, 6) is 0.140. The maximum atomic E-state index is 13.6. The van der Waals surface area contributed by atoms with Crippen LogP contribution < -0.4 is 0 Å². The van der Waals surface area contributed by atoms with Crippen molar-refractivity contribution in [3.63, 3.8) is 0 Å². The average Bonchev–Trinajstić information content (AvgIpc) is 3.35. The van der Waals surface area contributed by atoms with Gasteiger partial charge in [0.2, 0.25) is 0 Å². The third-order valence-electron chi connectivity index (χ3n) is 6.43. The maximum absolute atomic E-state index is 13.6. The molecule has 0 radical (unpaired) electrons. The summed E-state index contributed by atoms with van der Waals surface area (Å²) in [6.45, 7) is 1.25. The summed E-state index contributed by atoms with van der Waals surface area (Å²) in [5, 5.41) is 15.6. The molecule has 5 heteroatoms. The van der Waals surface area contributed by atoms with E-state index >= 15 is 0 Å². The molecular weight excluding hydrogens is 410 g/mol. The largest absolute Gasteiger partial charge is 0.388 e. The fourth-order valence-corrected chi connectivity index (χ4v) is 4.56. The van der Waals surface area contributed by atoms with Crippen molar-refractivity contribution in [3.05, 3.63) is 108 Å². The highest BCUT2D eigenvalue weighted by molar-refractivity contribution is 6.00. The third kappa shape index (κ3) is 4.45. The zero-order chi connectivity index (χ0) is 22.6. The molecule has 2 heterocycles. The number of aliphatic hydroxyl groups excluding tert-OH is 1. The summed E-state index contributed by atoms with van der Waals surface area (Å²) >= 11 is 0. The van der Waals surface area contributed by atoms with Gasteiger partial charge in [-0.1, -0.05) is 78.9 Å². The van der Waals surface area contributed by atoms with Crippen LogP contribution >= 0.6 is 0 Å². The Labute approximate surface area is 193 Å². The van der Waals surface area contributed by atoms with Gasteiger partial charge < -0.3 is 10.0 Å². The highest BCUT2D eigenvalue weighted by Crippen LogP contribution is 2.32. The lowest BCUT2D eigenvalue weighted by Gasteiger charge is -2.34. The second-order valence-corrected chi connectivity index (χ2v) is 8.52. The predicted octanol–water partition coefficient (Wildman–Crippen LogP) is 5.13. The summed E-state index contributed by atoms with van der Waals surface area (Å²) in [6.07, 6.45) is 2.89. The van der Waals surface area contributed by atoms with E-state index in [9.17, 15) is 9.90 Å². The first kappa shape index (κ1) is 21.2. The van der Waals surface area contributed by atoms with Crippen LogP contribution in [-0.4, -0.2) is 38.8 Å². The Hall–Kier alpha value is -3.70. The monoisotopic (exact) mass is 437 g/mol. The minimum atomic E-state index is -0.496. The predicted molar refractivity (Wildman–Crippen MR) is 129 cm³/mol. The van der Waals surface area contributed by atoms with Crippen molar-refractivity contribution in [2.75, 3.05) is 13.1 Å². The van der Waals surface area contributed by atoms with E-state index in [-0.39, 0.29) is 11.8 Å². The minimum absolute atomic E-state index is 0.0105. The van der Waals surface area contributed by atoms with Crippen molar-refractivity contribution in [1.82, 2.24) is 14.7 Å². The van der Waals surface area contributed by atoms with Crippen LogP contribution in [0.1, 0.15) is 34.9 Å². The molecule has 0 bridgehead atoms. The topological polar surface area (TPSA) is 58.4 Å². The smallest absolute Gasteiger partial charge is 0.257 e. The van der Waals surface area contributed by atoms with Crippen LogP contribution in [0.2, 0.25) is 0 Å². The Morgan fingerprint density at radius 2 is 1.42 bits per heavy atom. The van der Waals surface area contributed by atoms with Crippen molar-refractivity contribution in [2.45, 2.75) is 18.9 Å². The first-order chi connectivity index (χ1) is 16.2. The highest BCUT2D eigenvalue weighted by Gasteiger charge is 2.30. The summed E-state index contributed by atoms with van der Waals surface area (Å²) in [6, 6.07) is 29.5. The molecule has 0 spiro atoms. The normalized spacial score (nSPS) is 15.4. The first-order valence-corrected chi connectivity index (χ1v) is 11.4. The molecule has 1 aromatic heterocycles. The lowest BCUT2D eigenvalue weighted by molar-refractivity contribution is 0.0463. The molecule has 0 aliphatic carbocycles. The fourth-order valence-electron chi connectivity index (χ4n) is 4.56. The molecule has 5 nitrogen and oxygen atoms in total. The number of carbonyl (C=O) groups is 1. The fraction of sp³-hybridized carbons (Fsp3) is 0.214. The van der Waals surface area contributed by atoms with Gasteiger partial charge in [0.05, 0.1) is 17.4 Å². The van der Waals surface area contributed by atoms with Crippen LogP contribution in [0.3, 0.4) is 0 Å². The molecule has 5 rings (SSSR count). The number of likely N-dealkylation sites (tertiary alicyclic amines) is 1. The van der Waals surface area contributed by atoms with Gasteiger partial charge in [0.25, 0.3) is 5.91 Å². The van der Waals surface area contributed by atoms with E-state index in [4.69, 9.17) is 5.10 Å². The third-order valence-corrected chi connectivity index (χ3v) is 6.43. The second kappa shape index (κ2) is 9.43. The molecule has 0 saturated carbocycles. The van der Waals surface area contributed by atoms with Gasteiger partial charge >= 0.3 is 0 Å². The van der Waals surface area contributed by atoms with Crippen molar-refractivity contribution in [3.8, 4) is 16.9 Å². The lowest BCUT2D eigenvalue weighted by Crippen LogP contribution is -2.39. The molecule has 3 aromatic carbocycles. The van der Waals surface area contributed by atoms with Crippen LogP contribution in [0, 0.1) is 5.92 Å². The van der Waals surface area contributed by atoms with E-state index in [0.29, 0.717) is 24.3 Å². The quantitative estimate of drug-likeness (QED) is 0.471. The summed E-state index contributed by atoms with van der Waals surface area (Å²) in [7, 11) is 0. The molecule has 1 N–H and O–H groups in total. The number of aromatic nitrogens is 2. The number of hydrogen-bond donors (Lipinski definition) is 1. The number of hydrogen-bond acceptors (Lipinski definition) is 3. The standard InChI is InChI=1S/C28H27N3O2/c32-27(22-12-6-2-7-13-22)23-16-18-30(19-17-23)28(33)25-20-31(24-14-8-3-9-15-24)29-26(25)21-10-4-1-5-11-21/h1-15,20,23,27,32H,16-19H2. The highest BCUT2D eigenvalue weighted by atomic mass is 16.3. The van der Waals surface area contributed by atoms with Gasteiger partial charge in [-0.2, -0.15) is 5.10 Å². The Bertz CT molecular complexity index is 1200. The second-order valence-electron chi connectivity index (χ2n) is 8.52. The van der Waals surface area contributed by atoms with Crippen LogP contribution in [0.4, 0.5) is 0 Å². The number of para-hydroxylation sites is 1. The molecule has 166 valence electrons. The molecule has 1 aliphatic rings. The number of piperidine rings is 1. The van der Waals surface area contributed by atoms with E-state index in [1.165, 1.54) is 0 Å². The van der Waals surface area contributed by atoms with Crippen molar-refractivity contribution >= 4 is 5.91 Å². The molecule has 1 atom stereocenters. The number of rotatable bonds is 5. The van der Waals surface area contributed by atoms with Crippen molar-refractivity contribution in [1.29, 1.82) is 0 Å². The molecule has 1 amide bonds. The number of carbonyl (C=O) groups excluding carboxylic acids is 1. The van der Waals surface area contributed by atoms with Crippen LogP contribution in [-0.2, 0) is 0 Å². The zero-order valence-corrected chi connectivity index (χ0v) is 18.4. The van der Waals surface area contributed by atoms with Crippen LogP contribution in [0.15, 0.2) is 97.2 Å². The summed E-state index contributed by atoms with van der Waals surface area (Å²) in [5.41, 5.74) is 4.07. The maximum Gasteiger partial charge on any atom is 0.257 e. The van der Waals surface area contributed by atoms with E-state index in [2.05, 4.69) is 0 Å². The van der Waals surface area contributed by atoms with Crippen molar-refractivity contribution in [2.24, 2.45) is 5.92 Å². The van der Waals surface area contributed by atoms with Crippen LogP contribution in [0.5, 0.6) is 0 Å². The Balaban J connectivity index is 1.38. The number of benzene rings is 3. The zero-order valence-electron chi connectivity index (χ0n) is 18.4. The first-order valence-electron chi connectivity index (χ1n) is 11.4. The Morgan fingerprint density at radius 1 is 0.848 bits per heavy atom. The molecule has 1 unspecified atom stereocenters. The van der Waals surface area contributed by atoms with E-state index in [1.54, 1.807) is 4.68 Å². The minimum Gasteiger partial charge on any atom is -0.388 e. The number of nitrogens with zero attached hydrogens (tertiary/aromatic N) is 3. The molecule has 1 fully saturated rings. The van der Waals surface area contributed by atoms with Crippen LogP contribution in [0.25, 0.3) is 16.9 Å². The number of aliphatic hydroxyl groups is 1. The van der Waals surface area contributed by atoms with Gasteiger partial charge in [-0.3, -0.25) is 4.79 Å². The lowest BCUT2D eigenvalue weighted by atomic mass is 9.87. The van der Waals surface area contributed by atoms with Gasteiger partial charge in [-0.15, -0.1) is 0 Å². The molecule has 4 aromatic rings. The van der Waals surface area contributed by atoms with E-state index in [1.807, 2.05) is 102 Å². The van der Waals surface area contributed by atoms with Gasteiger partial charge in [0.1, 0.15) is 5.69 Å². The van der Waals surface area contributed by atoms with Gasteiger partial charge in [-0.05, 0) is 36.5 Å². The van der Waals surface area contributed by atoms with Gasteiger partial charge in [0, 0.05) is 24.8 Å². The molecule has 33 heavy (non-hydrogen) atoms. The molecular formula is C28H27N3O2. The Kier molecular flexibility index (Phi) is 6.05. The SMILES string of the molecule is O=C(c1cn(-c2ccccc2)nc1-c1ccccc1)N1CCC(C(O)c2ccccc2)CC1. The summed E-state index contributed by atoms with van der Waals surface area (Å²) in [4.78, 5) is 15.5. The summed E-state index contributed by atoms with van der Waals surface area (Å²) < 4.78 is 1.78. The average molecular weight is 438 g/mol. The van der Waals surface area contributed by atoms with Gasteiger partial charge in [-0.25, -0.2) is 4.68 Å². The molecule has 1 saturated heterocycles. The Morgan fingerprint density at radius 3 is 2.06 bits per heavy atom. The molecule has 1 aliphatic heterocycles. The number of amides is 1. The van der Waals surface area contributed by atoms with E-state index in [0.717, 1.165) is 29.7 Å². The van der Waals surface area contributed by atoms with Crippen molar-refractivity contribution < 1.29 is 9.90 Å². The van der Waals surface area contributed by atoms with Gasteiger partial charge in [0.15, 0.2) is 0 Å². The van der Waals surface area contributed by atoms with E-state index < -0.39 is 6.10 Å².